The van der Waals surface area contributed by atoms with Crippen LogP contribution in [0.5, 0.6) is 0 Å². The molecule has 0 aliphatic heterocycles. The van der Waals surface area contributed by atoms with Crippen molar-refractivity contribution >= 4 is 16.6 Å². The minimum atomic E-state index is -0.243. The van der Waals surface area contributed by atoms with Crippen LogP contribution in [0.25, 0.3) is 22.0 Å². The van der Waals surface area contributed by atoms with Gasteiger partial charge < -0.3 is 5.32 Å². The molecule has 1 aliphatic rings. The number of fused-ring (bicyclic) bond motifs is 1. The highest BCUT2D eigenvalue weighted by molar-refractivity contribution is 5.97. The first kappa shape index (κ1) is 18.4. The number of hydrogen-bond acceptors (Lipinski definition) is 5. The van der Waals surface area contributed by atoms with E-state index < -0.39 is 0 Å². The maximum atomic E-state index is 9.71. The maximum absolute atomic E-state index is 9.71. The Kier molecular flexibility index (Phi) is 4.81. The number of benzene rings is 1. The van der Waals surface area contributed by atoms with Crippen LogP contribution in [0.3, 0.4) is 0 Å². The minimum absolute atomic E-state index is 0.243. The summed E-state index contributed by atoms with van der Waals surface area (Å²) in [7, 11) is 0. The van der Waals surface area contributed by atoms with E-state index in [4.69, 9.17) is 0 Å². The molecular formula is C24H19N5. The van der Waals surface area contributed by atoms with E-state index in [1.165, 1.54) is 0 Å². The highest BCUT2D eigenvalue weighted by atomic mass is 15.0. The second kappa shape index (κ2) is 7.58. The van der Waals surface area contributed by atoms with Crippen LogP contribution in [0.4, 0.5) is 5.69 Å². The zero-order valence-electron chi connectivity index (χ0n) is 16.1. The average Bonchev–Trinajstić information content (AvgIpc) is 2.79. The SMILES string of the molecule is CCC1(Nc2c(C#N)cnc3ccc(-c4cncc(C#N)c4)cc23)C=CC=CC1. The normalized spacial score (nSPS) is 17.6. The number of aromatic nitrogens is 2. The van der Waals surface area contributed by atoms with Crippen molar-refractivity contribution in [3.05, 3.63) is 78.3 Å². The van der Waals surface area contributed by atoms with E-state index in [-0.39, 0.29) is 5.54 Å². The van der Waals surface area contributed by atoms with Gasteiger partial charge in [-0.05, 0) is 36.6 Å². The number of rotatable bonds is 4. The van der Waals surface area contributed by atoms with Crippen molar-refractivity contribution < 1.29 is 0 Å². The van der Waals surface area contributed by atoms with Crippen LogP contribution in [0.2, 0.25) is 0 Å². The molecule has 0 amide bonds. The fraction of sp³-hybridized carbons (Fsp3) is 0.167. The standard InChI is InChI=1S/C24H19N5/c1-2-24(8-4-3-5-9-24)29-23-20(13-26)16-28-22-7-6-18(11-21(22)23)19-10-17(12-25)14-27-15-19/h3-8,10-11,14-16H,2,9H2,1H3,(H,28,29). The molecule has 0 saturated heterocycles. The van der Waals surface area contributed by atoms with Crippen LogP contribution in [-0.2, 0) is 0 Å². The monoisotopic (exact) mass is 377 g/mol. The van der Waals surface area contributed by atoms with Crippen LogP contribution < -0.4 is 5.32 Å². The largest absolute Gasteiger partial charge is 0.374 e. The molecule has 0 bridgehead atoms. The van der Waals surface area contributed by atoms with Crippen molar-refractivity contribution in [2.24, 2.45) is 0 Å². The van der Waals surface area contributed by atoms with Gasteiger partial charge >= 0.3 is 0 Å². The number of allylic oxidation sites excluding steroid dienone is 2. The van der Waals surface area contributed by atoms with Gasteiger partial charge in [0.05, 0.1) is 27.9 Å². The minimum Gasteiger partial charge on any atom is -0.374 e. The maximum Gasteiger partial charge on any atom is 0.103 e. The van der Waals surface area contributed by atoms with Gasteiger partial charge in [-0.15, -0.1) is 0 Å². The summed E-state index contributed by atoms with van der Waals surface area (Å²) in [6, 6.07) is 12.1. The lowest BCUT2D eigenvalue weighted by Gasteiger charge is -2.33. The highest BCUT2D eigenvalue weighted by Gasteiger charge is 2.26. The Morgan fingerprint density at radius 2 is 1.97 bits per heavy atom. The zero-order valence-corrected chi connectivity index (χ0v) is 16.1. The van der Waals surface area contributed by atoms with Gasteiger partial charge in [-0.1, -0.05) is 37.3 Å². The molecule has 0 radical (unpaired) electrons. The number of nitriles is 2. The number of hydrogen-bond donors (Lipinski definition) is 1. The van der Waals surface area contributed by atoms with Crippen molar-refractivity contribution in [2.75, 3.05) is 5.32 Å². The Bertz CT molecular complexity index is 1230. The molecule has 0 fully saturated rings. The second-order valence-electron chi connectivity index (χ2n) is 7.09. The van der Waals surface area contributed by atoms with E-state index in [2.05, 4.69) is 46.5 Å². The fourth-order valence-corrected chi connectivity index (χ4v) is 3.61. The summed E-state index contributed by atoms with van der Waals surface area (Å²) in [4.78, 5) is 8.62. The molecule has 2 aromatic heterocycles. The van der Waals surface area contributed by atoms with Gasteiger partial charge in [-0.2, -0.15) is 10.5 Å². The summed E-state index contributed by atoms with van der Waals surface area (Å²) in [6.07, 6.45) is 15.0. The first-order valence-electron chi connectivity index (χ1n) is 9.49. The molecule has 1 aromatic carbocycles. The first-order chi connectivity index (χ1) is 14.2. The summed E-state index contributed by atoms with van der Waals surface area (Å²) in [5, 5.41) is 23.4. The zero-order chi connectivity index (χ0) is 20.3. The number of anilines is 1. The fourth-order valence-electron chi connectivity index (χ4n) is 3.61. The summed E-state index contributed by atoms with van der Waals surface area (Å²) in [5.41, 5.74) is 4.14. The van der Waals surface area contributed by atoms with Crippen molar-refractivity contribution in [3.8, 4) is 23.3 Å². The molecule has 4 rings (SSSR count). The summed E-state index contributed by atoms with van der Waals surface area (Å²) in [5.74, 6) is 0. The van der Waals surface area contributed by atoms with Crippen LogP contribution in [-0.4, -0.2) is 15.5 Å². The van der Waals surface area contributed by atoms with Crippen LogP contribution >= 0.6 is 0 Å². The molecule has 3 aromatic rings. The lowest BCUT2D eigenvalue weighted by molar-refractivity contribution is 0.558. The third-order valence-corrected chi connectivity index (χ3v) is 5.34. The van der Waals surface area contributed by atoms with Crippen molar-refractivity contribution in [2.45, 2.75) is 25.3 Å². The smallest absolute Gasteiger partial charge is 0.103 e. The lowest BCUT2D eigenvalue weighted by atomic mass is 9.87. The van der Waals surface area contributed by atoms with E-state index in [0.29, 0.717) is 11.1 Å². The molecule has 1 atom stereocenters. The molecule has 29 heavy (non-hydrogen) atoms. The van der Waals surface area contributed by atoms with E-state index >= 15 is 0 Å². The predicted octanol–water partition coefficient (Wildman–Crippen LogP) is 5.12. The Morgan fingerprint density at radius 1 is 1.07 bits per heavy atom. The highest BCUT2D eigenvalue weighted by Crippen LogP contribution is 2.35. The van der Waals surface area contributed by atoms with Gasteiger partial charge in [-0.3, -0.25) is 9.97 Å². The van der Waals surface area contributed by atoms with Crippen molar-refractivity contribution in [3.63, 3.8) is 0 Å². The Balaban J connectivity index is 1.88. The Labute approximate surface area is 169 Å². The second-order valence-corrected chi connectivity index (χ2v) is 7.09. The van der Waals surface area contributed by atoms with E-state index in [1.807, 2.05) is 36.4 Å². The van der Waals surface area contributed by atoms with E-state index in [0.717, 1.165) is 40.6 Å². The van der Waals surface area contributed by atoms with Gasteiger partial charge in [0.15, 0.2) is 0 Å². The van der Waals surface area contributed by atoms with Gasteiger partial charge in [0.2, 0.25) is 0 Å². The number of nitrogens with one attached hydrogen (secondary N) is 1. The van der Waals surface area contributed by atoms with E-state index in [9.17, 15) is 10.5 Å². The quantitative estimate of drug-likeness (QED) is 0.682. The molecule has 1 N–H and O–H groups in total. The van der Waals surface area contributed by atoms with Gasteiger partial charge in [0.1, 0.15) is 12.1 Å². The van der Waals surface area contributed by atoms with Crippen LogP contribution in [0.15, 0.2) is 67.2 Å². The molecule has 5 nitrogen and oxygen atoms in total. The first-order valence-corrected chi connectivity index (χ1v) is 9.49. The third kappa shape index (κ3) is 3.47. The van der Waals surface area contributed by atoms with Gasteiger partial charge in [0, 0.05) is 29.5 Å². The molecule has 1 aliphatic carbocycles. The number of pyridine rings is 2. The molecule has 2 heterocycles. The molecule has 1 unspecified atom stereocenters. The lowest BCUT2D eigenvalue weighted by Crippen LogP contribution is -2.36. The van der Waals surface area contributed by atoms with Crippen molar-refractivity contribution in [1.29, 1.82) is 10.5 Å². The van der Waals surface area contributed by atoms with Gasteiger partial charge in [0.25, 0.3) is 0 Å². The summed E-state index contributed by atoms with van der Waals surface area (Å²) < 4.78 is 0. The molecule has 140 valence electrons. The van der Waals surface area contributed by atoms with E-state index in [1.54, 1.807) is 18.6 Å². The third-order valence-electron chi connectivity index (χ3n) is 5.34. The van der Waals surface area contributed by atoms with Crippen LogP contribution in [0, 0.1) is 22.7 Å². The number of nitrogens with zero attached hydrogens (tertiary/aromatic N) is 4. The molecule has 0 spiro atoms. The van der Waals surface area contributed by atoms with Crippen molar-refractivity contribution in [1.82, 2.24) is 9.97 Å². The van der Waals surface area contributed by atoms with Crippen LogP contribution in [0.1, 0.15) is 30.9 Å². The average molecular weight is 377 g/mol. The predicted molar refractivity (Wildman–Crippen MR) is 114 cm³/mol. The molecular weight excluding hydrogens is 358 g/mol. The Morgan fingerprint density at radius 3 is 2.69 bits per heavy atom. The van der Waals surface area contributed by atoms with Gasteiger partial charge in [-0.25, -0.2) is 0 Å². The Hall–Kier alpha value is -3.96. The molecule has 0 saturated carbocycles. The summed E-state index contributed by atoms with van der Waals surface area (Å²) >= 11 is 0. The summed E-state index contributed by atoms with van der Waals surface area (Å²) in [6.45, 7) is 2.14. The topological polar surface area (TPSA) is 85.4 Å². The molecule has 5 heteroatoms.